The van der Waals surface area contributed by atoms with Gasteiger partial charge in [-0.05, 0) is 47.4 Å². The standard InChI is InChI=1S/C26H26FN5O3/c27-21-5-3-18(4-6-21)16-30-10-11-31-24-8-7-22(32(34)35)12-20(24)13-23(25(31)17-30)26(33)29-15-19-2-1-9-28-14-19/h1-9,12,14,23,25H,10-11,13,15-17H2,(H,29,33)/t23-,25+/m1/s1. The third-order valence-corrected chi connectivity index (χ3v) is 6.84. The Labute approximate surface area is 202 Å². The van der Waals surface area contributed by atoms with Crippen LogP contribution in [0.1, 0.15) is 16.7 Å². The molecule has 0 aliphatic carbocycles. The van der Waals surface area contributed by atoms with E-state index in [0.29, 0.717) is 32.6 Å². The molecule has 0 saturated carbocycles. The number of hydrogen-bond acceptors (Lipinski definition) is 6. The molecule has 1 N–H and O–H groups in total. The molecule has 5 rings (SSSR count). The van der Waals surface area contributed by atoms with E-state index >= 15 is 0 Å². The molecule has 0 spiro atoms. The van der Waals surface area contributed by atoms with E-state index in [9.17, 15) is 19.3 Å². The van der Waals surface area contributed by atoms with Crippen LogP contribution in [-0.4, -0.2) is 46.4 Å². The fraction of sp³-hybridized carbons (Fsp3) is 0.308. The number of fused-ring (bicyclic) bond motifs is 3. The van der Waals surface area contributed by atoms with Gasteiger partial charge in [0.15, 0.2) is 0 Å². The molecular formula is C26H26FN5O3. The molecule has 0 bridgehead atoms. The topological polar surface area (TPSA) is 91.6 Å². The number of nitrogens with zero attached hydrogens (tertiary/aromatic N) is 4. The Bertz CT molecular complexity index is 1220. The Hall–Kier alpha value is -3.85. The minimum atomic E-state index is -0.398. The molecule has 35 heavy (non-hydrogen) atoms. The molecule has 8 nitrogen and oxygen atoms in total. The van der Waals surface area contributed by atoms with Gasteiger partial charge in [-0.15, -0.1) is 0 Å². The highest BCUT2D eigenvalue weighted by atomic mass is 19.1. The predicted molar refractivity (Wildman–Crippen MR) is 129 cm³/mol. The summed E-state index contributed by atoms with van der Waals surface area (Å²) in [5, 5.41) is 14.4. The maximum absolute atomic E-state index is 13.4. The molecule has 3 aromatic rings. The van der Waals surface area contributed by atoms with E-state index in [2.05, 4.69) is 20.1 Å². The number of pyridine rings is 1. The minimum absolute atomic E-state index is 0.0339. The average molecular weight is 476 g/mol. The number of aromatic nitrogens is 1. The van der Waals surface area contributed by atoms with E-state index in [4.69, 9.17) is 0 Å². The number of carbonyl (C=O) groups is 1. The van der Waals surface area contributed by atoms with Gasteiger partial charge in [0.05, 0.1) is 16.9 Å². The van der Waals surface area contributed by atoms with Crippen molar-refractivity contribution in [3.63, 3.8) is 0 Å². The van der Waals surface area contributed by atoms with Gasteiger partial charge in [0.2, 0.25) is 5.91 Å². The van der Waals surface area contributed by atoms with Crippen molar-refractivity contribution >= 4 is 17.3 Å². The zero-order chi connectivity index (χ0) is 24.4. The lowest BCUT2D eigenvalue weighted by atomic mass is 9.83. The number of anilines is 1. The first-order chi connectivity index (χ1) is 17.0. The van der Waals surface area contributed by atoms with Crippen LogP contribution in [0.3, 0.4) is 0 Å². The summed E-state index contributed by atoms with van der Waals surface area (Å²) >= 11 is 0. The molecule has 1 amide bonds. The second kappa shape index (κ2) is 9.79. The van der Waals surface area contributed by atoms with Gasteiger partial charge in [0, 0.05) is 62.9 Å². The van der Waals surface area contributed by atoms with Crippen molar-refractivity contribution in [3.05, 3.63) is 99.6 Å². The molecule has 9 heteroatoms. The molecule has 0 unspecified atom stereocenters. The number of hydrogen-bond donors (Lipinski definition) is 1. The van der Waals surface area contributed by atoms with Crippen molar-refractivity contribution in [3.8, 4) is 0 Å². The third kappa shape index (κ3) is 5.00. The lowest BCUT2D eigenvalue weighted by Crippen LogP contribution is -2.60. The highest BCUT2D eigenvalue weighted by Crippen LogP contribution is 2.38. The summed E-state index contributed by atoms with van der Waals surface area (Å²) in [6, 6.07) is 15.1. The highest BCUT2D eigenvalue weighted by molar-refractivity contribution is 5.82. The molecule has 0 radical (unpaired) electrons. The highest BCUT2D eigenvalue weighted by Gasteiger charge is 2.41. The van der Waals surface area contributed by atoms with E-state index in [1.807, 2.05) is 12.1 Å². The quantitative estimate of drug-likeness (QED) is 0.435. The molecule has 1 aromatic heterocycles. The van der Waals surface area contributed by atoms with Gasteiger partial charge in [0.25, 0.3) is 5.69 Å². The van der Waals surface area contributed by atoms with Crippen molar-refractivity contribution < 1.29 is 14.1 Å². The number of carbonyl (C=O) groups excluding carboxylic acids is 1. The minimum Gasteiger partial charge on any atom is -0.365 e. The summed E-state index contributed by atoms with van der Waals surface area (Å²) in [4.78, 5) is 33.0. The van der Waals surface area contributed by atoms with Crippen LogP contribution in [0.5, 0.6) is 0 Å². The Morgan fingerprint density at radius 2 is 1.97 bits per heavy atom. The van der Waals surface area contributed by atoms with Crippen LogP contribution < -0.4 is 10.2 Å². The monoisotopic (exact) mass is 475 g/mol. The predicted octanol–water partition coefficient (Wildman–Crippen LogP) is 3.31. The maximum atomic E-state index is 13.4. The summed E-state index contributed by atoms with van der Waals surface area (Å²) in [6.45, 7) is 3.18. The van der Waals surface area contributed by atoms with Crippen molar-refractivity contribution in [2.45, 2.75) is 25.6 Å². The number of nitro groups is 1. The smallest absolute Gasteiger partial charge is 0.269 e. The lowest BCUT2D eigenvalue weighted by molar-refractivity contribution is -0.384. The summed E-state index contributed by atoms with van der Waals surface area (Å²) in [5.41, 5.74) is 3.74. The molecule has 2 aromatic carbocycles. The Kier molecular flexibility index (Phi) is 6.41. The average Bonchev–Trinajstić information content (AvgIpc) is 2.88. The first-order valence-corrected chi connectivity index (χ1v) is 11.7. The normalized spacial score (nSPS) is 19.5. The maximum Gasteiger partial charge on any atom is 0.269 e. The number of nitrogens with one attached hydrogen (secondary N) is 1. The number of amides is 1. The number of benzene rings is 2. The van der Waals surface area contributed by atoms with E-state index in [1.165, 1.54) is 18.2 Å². The van der Waals surface area contributed by atoms with Crippen LogP contribution in [0.15, 0.2) is 67.0 Å². The number of piperazine rings is 1. The van der Waals surface area contributed by atoms with Crippen molar-refractivity contribution in [2.75, 3.05) is 24.5 Å². The van der Waals surface area contributed by atoms with Gasteiger partial charge in [-0.3, -0.25) is 24.8 Å². The van der Waals surface area contributed by atoms with E-state index in [0.717, 1.165) is 28.9 Å². The molecule has 3 heterocycles. The van der Waals surface area contributed by atoms with Crippen molar-refractivity contribution in [2.24, 2.45) is 5.92 Å². The Morgan fingerprint density at radius 1 is 1.14 bits per heavy atom. The Balaban J connectivity index is 1.39. The third-order valence-electron chi connectivity index (χ3n) is 6.84. The molecule has 1 fully saturated rings. The first-order valence-electron chi connectivity index (χ1n) is 11.7. The number of non-ortho nitro benzene ring substituents is 1. The van der Waals surface area contributed by atoms with Gasteiger partial charge in [-0.1, -0.05) is 18.2 Å². The van der Waals surface area contributed by atoms with Gasteiger partial charge in [-0.2, -0.15) is 0 Å². The van der Waals surface area contributed by atoms with Gasteiger partial charge >= 0.3 is 0 Å². The van der Waals surface area contributed by atoms with Crippen molar-refractivity contribution in [1.29, 1.82) is 0 Å². The number of halogens is 1. The first kappa shape index (κ1) is 22.9. The zero-order valence-electron chi connectivity index (χ0n) is 19.1. The SMILES string of the molecule is O=C(NCc1cccnc1)[C@@H]1Cc2cc([N+](=O)[O-])ccc2N2CCN(Cc3ccc(F)cc3)C[C@@H]12. The van der Waals surface area contributed by atoms with Crippen LogP contribution in [-0.2, 0) is 24.3 Å². The van der Waals surface area contributed by atoms with E-state index in [-0.39, 0.29) is 29.4 Å². The second-order valence-corrected chi connectivity index (χ2v) is 9.08. The van der Waals surface area contributed by atoms with E-state index < -0.39 is 4.92 Å². The van der Waals surface area contributed by atoms with Crippen LogP contribution >= 0.6 is 0 Å². The second-order valence-electron chi connectivity index (χ2n) is 9.08. The summed E-state index contributed by atoms with van der Waals surface area (Å²) in [6.07, 6.45) is 3.84. The van der Waals surface area contributed by atoms with Crippen LogP contribution in [0.4, 0.5) is 15.8 Å². The van der Waals surface area contributed by atoms with Crippen LogP contribution in [0.2, 0.25) is 0 Å². The van der Waals surface area contributed by atoms with Gasteiger partial charge in [-0.25, -0.2) is 4.39 Å². The zero-order valence-corrected chi connectivity index (χ0v) is 19.1. The molecule has 180 valence electrons. The van der Waals surface area contributed by atoms with Crippen molar-refractivity contribution in [1.82, 2.24) is 15.2 Å². The summed E-state index contributed by atoms with van der Waals surface area (Å²) in [7, 11) is 0. The molecule has 2 aliphatic rings. The van der Waals surface area contributed by atoms with Gasteiger partial charge in [0.1, 0.15) is 5.82 Å². The summed E-state index contributed by atoms with van der Waals surface area (Å²) in [5.74, 6) is -0.705. The van der Waals surface area contributed by atoms with Crippen LogP contribution in [0, 0.1) is 21.8 Å². The molecule has 1 saturated heterocycles. The molecule has 2 aliphatic heterocycles. The van der Waals surface area contributed by atoms with Crippen LogP contribution in [0.25, 0.3) is 0 Å². The fourth-order valence-electron chi connectivity index (χ4n) is 5.10. The lowest BCUT2D eigenvalue weighted by Gasteiger charge is -2.49. The fourth-order valence-corrected chi connectivity index (χ4v) is 5.10. The number of rotatable bonds is 6. The van der Waals surface area contributed by atoms with Gasteiger partial charge < -0.3 is 10.2 Å². The Morgan fingerprint density at radius 3 is 2.71 bits per heavy atom. The van der Waals surface area contributed by atoms with E-state index in [1.54, 1.807) is 36.7 Å². The molecular weight excluding hydrogens is 449 g/mol. The summed E-state index contributed by atoms with van der Waals surface area (Å²) < 4.78 is 13.3. The number of nitro benzene ring substituents is 1. The largest absolute Gasteiger partial charge is 0.365 e. The molecule has 2 atom stereocenters.